The van der Waals surface area contributed by atoms with E-state index in [1.54, 1.807) is 48.5 Å². The van der Waals surface area contributed by atoms with E-state index in [4.69, 9.17) is 29.9 Å². The first-order chi connectivity index (χ1) is 33.9. The molecule has 69 heavy (non-hydrogen) atoms. The highest BCUT2D eigenvalue weighted by Crippen LogP contribution is 2.64. The standard InChI is InChI=1S/C59H32N10/c60-31-35-9-17-39(18-10-35)53-64-54(40-19-11-36(32-61)12-20-40)67-57(66-53)43-25-27-47-48-28-26-44(30-52(48)59(51(47)29-43)49-7-3-1-5-45(49)46-6-2-4-8-50(46)59)58-68-55(41-21-13-37(33-62)14-22-41)65-56(69-58)42-23-15-38(34-63)16-24-42/h1-25,27,29-30H,26,28H2. The first-order valence-corrected chi connectivity index (χ1v) is 22.3. The molecule has 0 radical (unpaired) electrons. The lowest BCUT2D eigenvalue weighted by molar-refractivity contribution is 0.781. The van der Waals surface area contributed by atoms with Crippen LogP contribution in [0.5, 0.6) is 0 Å². The van der Waals surface area contributed by atoms with Crippen molar-refractivity contribution in [1.29, 1.82) is 21.0 Å². The summed E-state index contributed by atoms with van der Waals surface area (Å²) in [6, 6.07) is 61.5. The van der Waals surface area contributed by atoms with Crippen molar-refractivity contribution >= 4 is 11.1 Å². The van der Waals surface area contributed by atoms with Crippen LogP contribution in [0.3, 0.4) is 0 Å². The lowest BCUT2D eigenvalue weighted by Crippen LogP contribution is -2.27. The summed E-state index contributed by atoms with van der Waals surface area (Å²) in [4.78, 5) is 30.4. The van der Waals surface area contributed by atoms with Crippen molar-refractivity contribution in [3.05, 3.63) is 226 Å². The van der Waals surface area contributed by atoms with Gasteiger partial charge < -0.3 is 0 Å². The molecule has 0 fully saturated rings. The average molecular weight is 881 g/mol. The third kappa shape index (κ3) is 6.60. The summed E-state index contributed by atoms with van der Waals surface area (Å²) in [5.74, 6) is 2.91. The van der Waals surface area contributed by atoms with Gasteiger partial charge in [-0.05, 0) is 166 Å². The van der Waals surface area contributed by atoms with Gasteiger partial charge in [0, 0.05) is 27.8 Å². The number of rotatable bonds is 6. The molecule has 0 saturated carbocycles. The normalized spacial score (nSPS) is 13.5. The first-order valence-electron chi connectivity index (χ1n) is 22.3. The van der Waals surface area contributed by atoms with Crippen LogP contribution in [0.25, 0.3) is 79.2 Å². The summed E-state index contributed by atoms with van der Waals surface area (Å²) in [5, 5.41) is 38.2. The van der Waals surface area contributed by atoms with Crippen LogP contribution in [-0.2, 0) is 5.41 Å². The molecule has 12 rings (SSSR count). The van der Waals surface area contributed by atoms with Crippen molar-refractivity contribution in [3.63, 3.8) is 0 Å². The van der Waals surface area contributed by atoms with Gasteiger partial charge in [0.25, 0.3) is 0 Å². The molecule has 0 amide bonds. The molecule has 0 N–H and O–H groups in total. The molecule has 9 aromatic rings. The van der Waals surface area contributed by atoms with Gasteiger partial charge in [-0.2, -0.15) is 21.0 Å². The zero-order valence-electron chi connectivity index (χ0n) is 36.6. The summed E-state index contributed by atoms with van der Waals surface area (Å²) in [6.45, 7) is 0. The Morgan fingerprint density at radius 1 is 0.348 bits per heavy atom. The van der Waals surface area contributed by atoms with E-state index in [2.05, 4.69) is 97.1 Å². The van der Waals surface area contributed by atoms with E-state index in [-0.39, 0.29) is 0 Å². The van der Waals surface area contributed by atoms with Gasteiger partial charge in [0.05, 0.1) is 51.9 Å². The quantitative estimate of drug-likeness (QED) is 0.156. The fourth-order valence-corrected chi connectivity index (χ4v) is 10.1. The van der Waals surface area contributed by atoms with E-state index in [9.17, 15) is 21.0 Å². The zero-order valence-corrected chi connectivity index (χ0v) is 36.6. The van der Waals surface area contributed by atoms with Crippen LogP contribution in [0.1, 0.15) is 63.2 Å². The molecule has 3 aliphatic rings. The van der Waals surface area contributed by atoms with Crippen molar-refractivity contribution in [2.75, 3.05) is 0 Å². The van der Waals surface area contributed by atoms with Crippen molar-refractivity contribution < 1.29 is 0 Å². The lowest BCUT2D eigenvalue weighted by atomic mass is 9.68. The number of hydrogen-bond acceptors (Lipinski definition) is 10. The van der Waals surface area contributed by atoms with E-state index < -0.39 is 5.41 Å². The Kier molecular flexibility index (Phi) is 9.48. The number of hydrogen-bond donors (Lipinski definition) is 0. The maximum Gasteiger partial charge on any atom is 0.164 e. The molecule has 2 heterocycles. The second-order valence-corrected chi connectivity index (χ2v) is 17.0. The molecule has 0 bridgehead atoms. The van der Waals surface area contributed by atoms with Crippen LogP contribution in [0.2, 0.25) is 0 Å². The number of nitrogens with zero attached hydrogens (tertiary/aromatic N) is 10. The Balaban J connectivity index is 1.06. The van der Waals surface area contributed by atoms with Gasteiger partial charge in [0.2, 0.25) is 0 Å². The van der Waals surface area contributed by atoms with Crippen molar-refractivity contribution in [1.82, 2.24) is 29.9 Å². The third-order valence-corrected chi connectivity index (χ3v) is 13.3. The van der Waals surface area contributed by atoms with E-state index in [0.29, 0.717) is 63.6 Å². The SMILES string of the molecule is N#Cc1ccc(-c2nc(C3=CC4=C(CC3)c3ccc(-c5nc(-c6ccc(C#N)cc6)nc(-c6ccc(C#N)cc6)n5)cc3C43c4ccccc4-c4ccccc43)nc(-c3ccc(C#N)cc3)n2)cc1. The van der Waals surface area contributed by atoms with E-state index in [1.165, 1.54) is 16.7 Å². The Morgan fingerprint density at radius 2 is 0.710 bits per heavy atom. The number of benzene rings is 7. The summed E-state index contributed by atoms with van der Waals surface area (Å²) < 4.78 is 0. The molecule has 2 aromatic heterocycles. The monoisotopic (exact) mass is 880 g/mol. The van der Waals surface area contributed by atoms with Crippen LogP contribution < -0.4 is 0 Å². The Labute approximate surface area is 396 Å². The molecular formula is C59H32N10. The maximum absolute atomic E-state index is 9.56. The average Bonchev–Trinajstić information content (AvgIpc) is 3.89. The summed E-state index contributed by atoms with van der Waals surface area (Å²) in [5.41, 5.74) is 15.5. The maximum atomic E-state index is 9.56. The summed E-state index contributed by atoms with van der Waals surface area (Å²) in [6.07, 6.45) is 3.69. The van der Waals surface area contributed by atoms with Crippen LogP contribution in [0.4, 0.5) is 0 Å². The topological polar surface area (TPSA) is 172 Å². The molecule has 10 heteroatoms. The van der Waals surface area contributed by atoms with E-state index >= 15 is 0 Å². The van der Waals surface area contributed by atoms with Gasteiger partial charge in [0.15, 0.2) is 34.9 Å². The summed E-state index contributed by atoms with van der Waals surface area (Å²) >= 11 is 0. The molecule has 0 unspecified atom stereocenters. The van der Waals surface area contributed by atoms with Crippen LogP contribution in [-0.4, -0.2) is 29.9 Å². The van der Waals surface area contributed by atoms with Gasteiger partial charge in [-0.15, -0.1) is 0 Å². The van der Waals surface area contributed by atoms with Gasteiger partial charge in [-0.1, -0.05) is 66.7 Å². The van der Waals surface area contributed by atoms with E-state index in [0.717, 1.165) is 67.6 Å². The zero-order chi connectivity index (χ0) is 46.6. The Bertz CT molecular complexity index is 3660. The first kappa shape index (κ1) is 40.5. The summed E-state index contributed by atoms with van der Waals surface area (Å²) in [7, 11) is 0. The van der Waals surface area contributed by atoms with Crippen LogP contribution in [0, 0.1) is 45.3 Å². The minimum atomic E-state index is -0.725. The molecule has 10 nitrogen and oxygen atoms in total. The van der Waals surface area contributed by atoms with Gasteiger partial charge in [-0.3, -0.25) is 0 Å². The molecule has 1 spiro atoms. The molecule has 0 atom stereocenters. The third-order valence-electron chi connectivity index (χ3n) is 13.3. The smallest absolute Gasteiger partial charge is 0.164 e. The van der Waals surface area contributed by atoms with Gasteiger partial charge in [0.1, 0.15) is 0 Å². The second-order valence-electron chi connectivity index (χ2n) is 17.0. The number of nitriles is 4. The fourth-order valence-electron chi connectivity index (χ4n) is 10.1. The van der Waals surface area contributed by atoms with Crippen molar-refractivity contribution in [2.24, 2.45) is 0 Å². The molecule has 0 aliphatic heterocycles. The molecular weight excluding hydrogens is 849 g/mol. The largest absolute Gasteiger partial charge is 0.209 e. The van der Waals surface area contributed by atoms with Gasteiger partial charge >= 0.3 is 0 Å². The van der Waals surface area contributed by atoms with Crippen LogP contribution >= 0.6 is 0 Å². The Morgan fingerprint density at radius 3 is 1.12 bits per heavy atom. The lowest BCUT2D eigenvalue weighted by Gasteiger charge is -2.33. The minimum Gasteiger partial charge on any atom is -0.209 e. The van der Waals surface area contributed by atoms with Crippen molar-refractivity contribution in [2.45, 2.75) is 18.3 Å². The number of fused-ring (bicyclic) bond motifs is 9. The highest BCUT2D eigenvalue weighted by atomic mass is 15.0. The highest BCUT2D eigenvalue weighted by molar-refractivity contribution is 5.98. The predicted octanol–water partition coefficient (Wildman–Crippen LogP) is 11.8. The molecule has 318 valence electrons. The Hall–Kier alpha value is -10.0. The predicted molar refractivity (Wildman–Crippen MR) is 262 cm³/mol. The second kappa shape index (κ2) is 16.2. The number of allylic oxidation sites excluding steroid dienone is 4. The molecule has 0 saturated heterocycles. The fraction of sp³-hybridized carbons (Fsp3) is 0.0508. The molecule has 3 aliphatic carbocycles. The van der Waals surface area contributed by atoms with Crippen molar-refractivity contribution in [3.8, 4) is 92.3 Å². The van der Waals surface area contributed by atoms with E-state index in [1.807, 2.05) is 48.5 Å². The minimum absolute atomic E-state index is 0.457. The highest BCUT2D eigenvalue weighted by Gasteiger charge is 2.53. The van der Waals surface area contributed by atoms with Gasteiger partial charge in [-0.25, -0.2) is 29.9 Å². The number of aromatic nitrogens is 6. The molecule has 7 aromatic carbocycles. The van der Waals surface area contributed by atoms with Crippen LogP contribution in [0.15, 0.2) is 175 Å².